The molecule has 1 aliphatic rings. The topological polar surface area (TPSA) is 302 Å². The van der Waals surface area contributed by atoms with Crippen molar-refractivity contribution >= 4 is 104 Å². The molecule has 10 bridgehead atoms. The van der Waals surface area contributed by atoms with Gasteiger partial charge in [0, 0.05) is 46.1 Å². The molecule has 0 radical (unpaired) electrons. The summed E-state index contributed by atoms with van der Waals surface area (Å²) in [6.45, 7) is 4.96. The number of carboxylic acids is 1. The van der Waals surface area contributed by atoms with Crippen molar-refractivity contribution in [3.63, 3.8) is 0 Å². The Bertz CT molecular complexity index is 3450. The fourth-order valence-electron chi connectivity index (χ4n) is 7.68. The van der Waals surface area contributed by atoms with Crippen LogP contribution in [-0.2, 0) is 20.9 Å². The lowest BCUT2D eigenvalue weighted by molar-refractivity contribution is -0.122. The number of rotatable bonds is 9. The van der Waals surface area contributed by atoms with Gasteiger partial charge in [-0.2, -0.15) is 0 Å². The number of thiazole rings is 6. The highest BCUT2D eigenvalue weighted by atomic mass is 32.1. The minimum atomic E-state index is -1.27. The number of aromatic carboxylic acids is 1. The predicted molar refractivity (Wildman–Crippen MR) is 284 cm³/mol. The van der Waals surface area contributed by atoms with E-state index in [2.05, 4.69) is 41.5 Å². The van der Waals surface area contributed by atoms with Gasteiger partial charge < -0.3 is 41.5 Å². The van der Waals surface area contributed by atoms with E-state index in [0.717, 1.165) is 34.0 Å². The SMILES string of the molecule is CNC(=O)C[C@@H]1NC(=O)c2csc(n2)-c2ccc(-c3nc(C(=O)O)cs3)nc2-c2csc(n2)-c2csc(n2)[C@H]([C@@H](O)c2ccccc2)NC(=O)CNC(=O)c2nc(sc2COC)[C@H](C(C)C)NC(=O)c2nc1sc2C. The van der Waals surface area contributed by atoms with Gasteiger partial charge in [0.2, 0.25) is 11.8 Å². The van der Waals surface area contributed by atoms with E-state index < -0.39 is 66.3 Å². The molecule has 386 valence electrons. The summed E-state index contributed by atoms with van der Waals surface area (Å²) in [6, 6.07) is 9.37. The van der Waals surface area contributed by atoms with Crippen molar-refractivity contribution in [2.24, 2.45) is 5.92 Å². The van der Waals surface area contributed by atoms with Gasteiger partial charge in [-0.1, -0.05) is 44.2 Å². The lowest BCUT2D eigenvalue weighted by atomic mass is 10.0. The number of hydrogen-bond acceptors (Lipinski definition) is 21. The largest absolute Gasteiger partial charge is 0.476 e. The van der Waals surface area contributed by atoms with Crippen molar-refractivity contribution in [1.29, 1.82) is 0 Å². The van der Waals surface area contributed by atoms with Crippen LogP contribution in [0.1, 0.15) is 117 Å². The summed E-state index contributed by atoms with van der Waals surface area (Å²) in [7, 11) is 2.93. The number of carbonyl (C=O) groups is 6. The molecule has 9 rings (SSSR count). The standard InChI is InChI=1S/C48H44N12O9S6/c1-20(2)33-47-60-36(30(75-47)15-69-5)40(65)50-14-32(62)57-37(38(63)22-9-7-6-8-10-22)46-55-28(18-73-46)44-53-26(16-71-44)35-23(11-12-24(51-35)43-56-29(19-72-43)48(67)68)42-54-27(17-70-42)39(64)52-25(13-31(61)49-4)45-59-34(21(3)74-45)41(66)58-33/h6-12,16-20,25,33,37-38,63H,13-15H2,1-5H3,(H,49,61)(H,50,65)(H,52,64)(H,57,62)(H,58,66)(H,67,68)/t25-,33-,37-,38-/m0/s1. The zero-order valence-electron chi connectivity index (χ0n) is 40.2. The summed E-state index contributed by atoms with van der Waals surface area (Å²) in [6.07, 6.45) is -1.49. The molecule has 0 saturated heterocycles. The molecule has 0 spiro atoms. The smallest absolute Gasteiger partial charge is 0.355 e. The molecule has 7 aromatic heterocycles. The summed E-state index contributed by atoms with van der Waals surface area (Å²) >= 11 is 7.00. The van der Waals surface area contributed by atoms with E-state index in [1.807, 2.05) is 13.8 Å². The zero-order valence-corrected chi connectivity index (χ0v) is 45.1. The number of aliphatic hydroxyl groups is 1. The van der Waals surface area contributed by atoms with Gasteiger partial charge in [-0.3, -0.25) is 24.0 Å². The molecule has 1 aliphatic heterocycles. The quantitative estimate of drug-likeness (QED) is 0.0764. The molecule has 0 saturated carbocycles. The number of ether oxygens (including phenoxy) is 1. The zero-order chi connectivity index (χ0) is 53.1. The number of carboxylic acid groups (broad SMARTS) is 1. The number of amides is 5. The van der Waals surface area contributed by atoms with Crippen LogP contribution in [0.4, 0.5) is 0 Å². The number of methoxy groups -OCH3 is 1. The maximum Gasteiger partial charge on any atom is 0.355 e. The minimum Gasteiger partial charge on any atom is -0.476 e. The minimum absolute atomic E-state index is 0.00142. The molecule has 0 fully saturated rings. The second-order valence-electron chi connectivity index (χ2n) is 17.0. The van der Waals surface area contributed by atoms with Crippen molar-refractivity contribution < 1.29 is 43.7 Å². The molecule has 8 heterocycles. The van der Waals surface area contributed by atoms with E-state index in [-0.39, 0.29) is 46.7 Å². The number of aliphatic hydroxyl groups excluding tert-OH is 1. The molecule has 7 N–H and O–H groups in total. The maximum absolute atomic E-state index is 14.2. The van der Waals surface area contributed by atoms with Crippen LogP contribution in [-0.4, -0.2) is 101 Å². The average Bonchev–Trinajstić information content (AvgIpc) is 4.27. The third kappa shape index (κ3) is 11.6. The molecule has 75 heavy (non-hydrogen) atoms. The van der Waals surface area contributed by atoms with Crippen LogP contribution in [0, 0.1) is 12.8 Å². The van der Waals surface area contributed by atoms with Gasteiger partial charge in [0.15, 0.2) is 5.69 Å². The summed E-state index contributed by atoms with van der Waals surface area (Å²) in [5.41, 5.74) is 2.41. The number of nitrogens with one attached hydrogen (secondary N) is 5. The van der Waals surface area contributed by atoms with Gasteiger partial charge in [-0.05, 0) is 30.5 Å². The van der Waals surface area contributed by atoms with Crippen molar-refractivity contribution in [2.75, 3.05) is 20.7 Å². The van der Waals surface area contributed by atoms with Crippen LogP contribution in [0.5, 0.6) is 0 Å². The third-order valence-corrected chi connectivity index (χ3v) is 17.2. The molecule has 27 heteroatoms. The Labute approximate surface area is 451 Å². The molecule has 4 atom stereocenters. The van der Waals surface area contributed by atoms with E-state index in [4.69, 9.17) is 24.7 Å². The van der Waals surface area contributed by atoms with Gasteiger partial charge in [0.05, 0.1) is 42.2 Å². The molecule has 1 aromatic carbocycles. The van der Waals surface area contributed by atoms with E-state index in [1.165, 1.54) is 53.5 Å². The highest BCUT2D eigenvalue weighted by Gasteiger charge is 2.33. The van der Waals surface area contributed by atoms with Crippen LogP contribution in [0.2, 0.25) is 0 Å². The van der Waals surface area contributed by atoms with E-state index in [9.17, 15) is 39.0 Å². The first-order chi connectivity index (χ1) is 36.1. The number of aromatic nitrogens is 7. The van der Waals surface area contributed by atoms with Gasteiger partial charge >= 0.3 is 5.97 Å². The lowest BCUT2D eigenvalue weighted by Gasteiger charge is -2.23. The Kier molecular flexibility index (Phi) is 16.0. The fourth-order valence-corrected chi connectivity index (χ4v) is 13.2. The van der Waals surface area contributed by atoms with Gasteiger partial charge in [-0.25, -0.2) is 39.7 Å². The van der Waals surface area contributed by atoms with Gasteiger partial charge in [0.25, 0.3) is 17.7 Å². The maximum atomic E-state index is 14.2. The van der Waals surface area contributed by atoms with Crippen LogP contribution in [0.25, 0.3) is 43.4 Å². The van der Waals surface area contributed by atoms with E-state index in [1.54, 1.807) is 65.5 Å². The third-order valence-electron chi connectivity index (χ3n) is 11.5. The van der Waals surface area contributed by atoms with Crippen molar-refractivity contribution in [3.8, 4) is 43.4 Å². The molecule has 5 amide bonds. The monoisotopic (exact) mass is 1120 g/mol. The number of fused-ring (bicyclic) bond motifs is 14. The van der Waals surface area contributed by atoms with Crippen LogP contribution in [0.15, 0.2) is 64.0 Å². The molecule has 8 aromatic rings. The highest BCUT2D eigenvalue weighted by Crippen LogP contribution is 2.40. The van der Waals surface area contributed by atoms with Gasteiger partial charge in [-0.15, -0.1) is 68.0 Å². The van der Waals surface area contributed by atoms with Crippen LogP contribution < -0.4 is 26.6 Å². The highest BCUT2D eigenvalue weighted by molar-refractivity contribution is 7.15. The fraction of sp³-hybridized carbons (Fsp3) is 0.271. The summed E-state index contributed by atoms with van der Waals surface area (Å²) in [4.78, 5) is 115. The lowest BCUT2D eigenvalue weighted by Crippen LogP contribution is -2.40. The Hall–Kier alpha value is -7.11. The second-order valence-corrected chi connectivity index (χ2v) is 22.8. The molecule has 21 nitrogen and oxygen atoms in total. The Morgan fingerprint density at radius 2 is 1.41 bits per heavy atom. The number of aryl methyl sites for hydroxylation is 1. The van der Waals surface area contributed by atoms with E-state index >= 15 is 0 Å². The van der Waals surface area contributed by atoms with Crippen LogP contribution >= 0.6 is 68.0 Å². The number of pyridine rings is 1. The molecular formula is C48H44N12O9S6. The first-order valence-corrected chi connectivity index (χ1v) is 27.9. The number of nitrogens with zero attached hydrogens (tertiary/aromatic N) is 7. The van der Waals surface area contributed by atoms with Gasteiger partial charge in [0.1, 0.15) is 76.4 Å². The number of benzene rings is 1. The second kappa shape index (κ2) is 22.8. The van der Waals surface area contributed by atoms with Crippen molar-refractivity contribution in [3.05, 3.63) is 117 Å². The first kappa shape index (κ1) is 52.7. The number of carbonyl (C=O) groups excluding carboxylic acids is 5. The summed E-state index contributed by atoms with van der Waals surface area (Å²) in [5.74, 6) is -4.33. The Morgan fingerprint density at radius 1 is 0.707 bits per heavy atom. The Morgan fingerprint density at radius 3 is 2.15 bits per heavy atom. The molecule has 0 unspecified atom stereocenters. The summed E-state index contributed by atoms with van der Waals surface area (Å²) in [5, 5.41) is 44.1. The Balaban J connectivity index is 1.14. The predicted octanol–water partition coefficient (Wildman–Crippen LogP) is 7.01. The number of hydrogen-bond donors (Lipinski definition) is 7. The first-order valence-electron chi connectivity index (χ1n) is 22.8. The van der Waals surface area contributed by atoms with Crippen molar-refractivity contribution in [2.45, 2.75) is 58.0 Å². The normalized spacial score (nSPS) is 16.9. The molecular weight excluding hydrogens is 1080 g/mol. The summed E-state index contributed by atoms with van der Waals surface area (Å²) < 4.78 is 5.43. The van der Waals surface area contributed by atoms with Crippen molar-refractivity contribution in [1.82, 2.24) is 61.5 Å². The average molecular weight is 1130 g/mol. The van der Waals surface area contributed by atoms with Crippen LogP contribution in [0.3, 0.4) is 0 Å². The molecule has 0 aliphatic carbocycles. The van der Waals surface area contributed by atoms with E-state index in [0.29, 0.717) is 68.7 Å².